The van der Waals surface area contributed by atoms with Crippen LogP contribution in [0.15, 0.2) is 146 Å². The molecule has 298 valence electrons. The maximum Gasteiger partial charge on any atom is 0.0307 e. The molecule has 0 spiro atoms. The molecule has 55 heavy (non-hydrogen) atoms. The fraction of sp³-hybridized carbons (Fsp3) is 0.360. The molecule has 0 saturated heterocycles. The summed E-state index contributed by atoms with van der Waals surface area (Å²) in [7, 11) is 1.08. The van der Waals surface area contributed by atoms with Crippen molar-refractivity contribution in [2.45, 2.75) is 68.5 Å². The van der Waals surface area contributed by atoms with E-state index in [1.165, 1.54) is 0 Å². The molecule has 8 rings (SSSR count). The van der Waals surface area contributed by atoms with E-state index < -0.39 is 0 Å². The summed E-state index contributed by atoms with van der Waals surface area (Å²) in [4.78, 5) is 0. The molecule has 0 amide bonds. The van der Waals surface area contributed by atoms with Crippen LogP contribution < -0.4 is 24.8 Å². The number of allylic oxidation sites excluding steroid dienone is 32. The van der Waals surface area contributed by atoms with E-state index in [0.29, 0.717) is 47.3 Å². The van der Waals surface area contributed by atoms with Crippen molar-refractivity contribution in [3.63, 3.8) is 0 Å². The van der Waals surface area contributed by atoms with Crippen LogP contribution in [0.1, 0.15) is 55.4 Å². The molecule has 8 atom stereocenters. The van der Waals surface area contributed by atoms with Crippen LogP contribution in [0.2, 0.25) is 13.1 Å². The average Bonchev–Trinajstić information content (AvgIpc) is 3.93. The van der Waals surface area contributed by atoms with Gasteiger partial charge < -0.3 is 24.8 Å². The monoisotopic (exact) mass is 940 g/mol. The minimum Gasteiger partial charge on any atom is -1.00 e. The van der Waals surface area contributed by atoms with Gasteiger partial charge in [-0.15, -0.1) is 0 Å². The Kier molecular flexibility index (Phi) is 51.3. The largest absolute Gasteiger partial charge is 1.00 e. The Labute approximate surface area is 393 Å². The van der Waals surface area contributed by atoms with Gasteiger partial charge >= 0.3 is 0 Å². The van der Waals surface area contributed by atoms with Gasteiger partial charge in [0.15, 0.2) is 0 Å². The summed E-state index contributed by atoms with van der Waals surface area (Å²) in [6.07, 6.45) is 73.3. The third kappa shape index (κ3) is 45.0. The first kappa shape index (κ1) is 62.6. The summed E-state index contributed by atoms with van der Waals surface area (Å²) in [5, 5.41) is 0. The molecule has 0 aromatic heterocycles. The van der Waals surface area contributed by atoms with Crippen LogP contribution >= 0.6 is 0 Å². The topological polar surface area (TPSA) is 0 Å². The predicted molar refractivity (Wildman–Crippen MR) is 226 cm³/mol. The number of hydrogen-bond donors (Lipinski definition) is 0. The zero-order chi connectivity index (χ0) is 38.0. The molecule has 8 unspecified atom stereocenters. The van der Waals surface area contributed by atoms with E-state index in [1.54, 1.807) is 0 Å². The Morgan fingerprint density at radius 3 is 0.382 bits per heavy atom. The van der Waals surface area contributed by atoms with Crippen molar-refractivity contribution < 1.29 is 77.2 Å². The molecule has 5 heteroatoms. The molecule has 0 N–H and O–H groups in total. The van der Waals surface area contributed by atoms with Crippen molar-refractivity contribution in [3.8, 4) is 0 Å². The first-order chi connectivity index (χ1) is 24.6. The molecule has 0 nitrogen and oxygen atoms in total. The molecule has 8 aliphatic carbocycles. The van der Waals surface area contributed by atoms with Gasteiger partial charge in [0.05, 0.1) is 0 Å². The van der Waals surface area contributed by atoms with Crippen LogP contribution in [-0.2, 0) is 52.4 Å². The zero-order valence-electron chi connectivity index (χ0n) is 34.7. The Morgan fingerprint density at radius 2 is 0.364 bits per heavy atom. The van der Waals surface area contributed by atoms with E-state index in [0.717, 1.165) is 9.52 Å². The second-order valence-corrected chi connectivity index (χ2v) is 13.6. The fourth-order valence-corrected chi connectivity index (χ4v) is 3.88. The van der Waals surface area contributed by atoms with Crippen molar-refractivity contribution >= 4 is 9.52 Å². The van der Waals surface area contributed by atoms with Gasteiger partial charge in [0.2, 0.25) is 0 Å². The number of rotatable bonds is 0. The third-order valence-electron chi connectivity index (χ3n) is 6.84. The van der Waals surface area contributed by atoms with E-state index >= 15 is 0 Å². The molecular weight excluding hydrogens is 882 g/mol. The van der Waals surface area contributed by atoms with Crippen LogP contribution in [-0.4, -0.2) is 9.52 Å². The average molecular weight is 944 g/mol. The summed E-state index contributed by atoms with van der Waals surface area (Å²) >= 11 is 0. The van der Waals surface area contributed by atoms with Gasteiger partial charge in [-0.25, -0.2) is 97.2 Å². The fourth-order valence-electron chi connectivity index (χ4n) is 3.88. The van der Waals surface area contributed by atoms with E-state index in [9.17, 15) is 0 Å². The van der Waals surface area contributed by atoms with Gasteiger partial charge in [0.25, 0.3) is 0 Å². The summed E-state index contributed by atoms with van der Waals surface area (Å²) < 4.78 is 0. The zero-order valence-corrected chi connectivity index (χ0v) is 42.2. The van der Waals surface area contributed by atoms with Crippen molar-refractivity contribution in [3.05, 3.63) is 194 Å². The van der Waals surface area contributed by atoms with E-state index in [4.69, 9.17) is 0 Å². The van der Waals surface area contributed by atoms with Crippen LogP contribution in [0, 0.1) is 96.0 Å². The number of halogens is 2. The first-order valence-electron chi connectivity index (χ1n) is 18.2. The Bertz CT molecular complexity index is 970. The quantitative estimate of drug-likeness (QED) is 0.178. The van der Waals surface area contributed by atoms with Gasteiger partial charge in [-0.2, -0.15) is 48.6 Å². The van der Waals surface area contributed by atoms with Crippen LogP contribution in [0.4, 0.5) is 0 Å². The molecule has 0 aliphatic heterocycles. The van der Waals surface area contributed by atoms with Crippen molar-refractivity contribution in [1.82, 2.24) is 0 Å². The maximum absolute atomic E-state index is 3.08. The van der Waals surface area contributed by atoms with Crippen LogP contribution in [0.3, 0.4) is 0 Å². The third-order valence-corrected chi connectivity index (χ3v) is 6.84. The minimum absolute atomic E-state index is 0. The van der Waals surface area contributed by atoms with Crippen molar-refractivity contribution in [2.75, 3.05) is 0 Å². The summed E-state index contributed by atoms with van der Waals surface area (Å²) in [5.74, 6) is 4.48. The van der Waals surface area contributed by atoms with Gasteiger partial charge in [-0.05, 0) is 0 Å². The molecule has 8 aliphatic rings. The Balaban J connectivity index is -0.000000170. The molecule has 0 aromatic rings. The molecule has 0 bridgehead atoms. The second kappa shape index (κ2) is 45.1. The van der Waals surface area contributed by atoms with E-state index in [-0.39, 0.29) is 77.2 Å². The first-order valence-corrected chi connectivity index (χ1v) is 20.2. The summed E-state index contributed by atoms with van der Waals surface area (Å²) in [6.45, 7) is 21.2. The maximum atomic E-state index is 3.08. The molecule has 0 heterocycles. The molecule has 0 saturated carbocycles. The van der Waals surface area contributed by atoms with E-state index in [1.807, 2.05) is 97.2 Å². The molecule has 0 fully saturated rings. The van der Waals surface area contributed by atoms with Crippen molar-refractivity contribution in [2.24, 2.45) is 47.3 Å². The molecule has 2 radical (unpaired) electrons. The minimum atomic E-state index is 0. The SMILES string of the molecule is CC1[C-]=CC=C1.CC1[C-]=CC=C1.CC1[C-]=CC=C1.CC1[C-]=CC=C1.CC1[C-]=CC=C1.CC1[C-]=CC=C1.CC1[C-]=CC=C1.CC1[C-]=CC=C1.C[Si]C.[Cl-].[Cl-].[Zr].[Zr]. The van der Waals surface area contributed by atoms with Crippen LogP contribution in [0.25, 0.3) is 0 Å². The predicted octanol–water partition coefficient (Wildman–Crippen LogP) is 7.20. The Morgan fingerprint density at radius 1 is 0.273 bits per heavy atom. The summed E-state index contributed by atoms with van der Waals surface area (Å²) in [5.41, 5.74) is 0. The van der Waals surface area contributed by atoms with E-state index in [2.05, 4.69) is 166 Å². The van der Waals surface area contributed by atoms with Gasteiger partial charge in [0, 0.05) is 61.9 Å². The van der Waals surface area contributed by atoms with Crippen LogP contribution in [0.5, 0.6) is 0 Å². The Hall–Kier alpha value is -1.60. The van der Waals surface area contributed by atoms with Gasteiger partial charge in [-0.3, -0.25) is 48.6 Å². The smallest absolute Gasteiger partial charge is 0.0307 e. The van der Waals surface area contributed by atoms with Gasteiger partial charge in [-0.1, -0.05) is 116 Å². The number of hydrogen-bond acceptors (Lipinski definition) is 0. The normalized spacial score (nSPS) is 25.8. The second-order valence-electron chi connectivity index (χ2n) is 12.6. The summed E-state index contributed by atoms with van der Waals surface area (Å²) in [6, 6.07) is 0. The molecular formula is C50H62Cl2SiZr2-10. The standard InChI is InChI=1S/8C6H7.C2H6Si.2ClH.2Zr/c8*1-6-4-2-3-5-6;1-3-2;;;;/h8*2-4,6H,1H3;1-2H3;2*1H;;/q8*-1;;;;;/p-2. The molecule has 0 aromatic carbocycles. The van der Waals surface area contributed by atoms with Gasteiger partial charge in [0.1, 0.15) is 0 Å². The van der Waals surface area contributed by atoms with Crippen molar-refractivity contribution in [1.29, 1.82) is 0 Å².